The molecule has 3 aliphatic rings. The van der Waals surface area contributed by atoms with Gasteiger partial charge in [0.25, 0.3) is 0 Å². The molecule has 0 saturated carbocycles. The molecule has 32 heavy (non-hydrogen) atoms. The van der Waals surface area contributed by atoms with Crippen LogP contribution in [0.1, 0.15) is 35.6 Å². The number of benzene rings is 3. The predicted octanol–water partition coefficient (Wildman–Crippen LogP) is 5.13. The zero-order chi connectivity index (χ0) is 21.9. The Bertz CT molecular complexity index is 1410. The highest BCUT2D eigenvalue weighted by atomic mass is 15.1. The molecule has 3 aromatic rings. The Morgan fingerprint density at radius 3 is 2.59 bits per heavy atom. The molecule has 2 heteroatoms. The molecule has 2 nitrogen and oxygen atoms in total. The number of nitrogens with zero attached hydrogens (tertiary/aromatic N) is 1. The Kier molecular flexibility index (Phi) is 5.79. The molecule has 0 radical (unpaired) electrons. The number of allylic oxidation sites excluding steroid dienone is 2. The fraction of sp³-hybridized carbons (Fsp3) is 0.200. The van der Waals surface area contributed by atoms with E-state index in [1.54, 1.807) is 5.56 Å². The average Bonchev–Trinajstić information content (AvgIpc) is 3.09. The van der Waals surface area contributed by atoms with E-state index >= 15 is 0 Å². The van der Waals surface area contributed by atoms with Gasteiger partial charge in [-0.1, -0.05) is 78.9 Å². The summed E-state index contributed by atoms with van der Waals surface area (Å²) in [5.41, 5.74) is 5.50. The number of hydrogen-bond acceptors (Lipinski definition) is 2. The summed E-state index contributed by atoms with van der Waals surface area (Å²) in [4.78, 5) is 2.34. The van der Waals surface area contributed by atoms with Crippen molar-refractivity contribution in [3.63, 3.8) is 0 Å². The van der Waals surface area contributed by atoms with Crippen LogP contribution in [0.5, 0.6) is 0 Å². The van der Waals surface area contributed by atoms with Crippen molar-refractivity contribution in [1.29, 1.82) is 0 Å². The van der Waals surface area contributed by atoms with Crippen molar-refractivity contribution in [3.05, 3.63) is 117 Å². The van der Waals surface area contributed by atoms with Gasteiger partial charge in [-0.25, -0.2) is 0 Å². The molecular formula is C30H30N2. The summed E-state index contributed by atoms with van der Waals surface area (Å²) in [6, 6.07) is 22.0. The summed E-state index contributed by atoms with van der Waals surface area (Å²) < 4.78 is 0. The molecule has 1 N–H and O–H groups in total. The highest BCUT2D eigenvalue weighted by molar-refractivity contribution is 5.69. The summed E-state index contributed by atoms with van der Waals surface area (Å²) in [6.07, 6.45) is 16.6. The minimum absolute atomic E-state index is 0.386. The number of anilines is 1. The lowest BCUT2D eigenvalue weighted by Crippen LogP contribution is -2.28. The first kappa shape index (κ1) is 20.5. The molecule has 160 valence electrons. The second kappa shape index (κ2) is 9.02. The summed E-state index contributed by atoms with van der Waals surface area (Å²) in [7, 11) is 4.37. The molecule has 3 aromatic carbocycles. The van der Waals surface area contributed by atoms with E-state index in [4.69, 9.17) is 0 Å². The quantitative estimate of drug-likeness (QED) is 0.590. The molecule has 0 fully saturated rings. The Morgan fingerprint density at radius 1 is 0.844 bits per heavy atom. The molecule has 1 atom stereocenters. The lowest BCUT2D eigenvalue weighted by molar-refractivity contribution is 0.362. The lowest BCUT2D eigenvalue weighted by Gasteiger charge is -2.28. The maximum atomic E-state index is 3.18. The van der Waals surface area contributed by atoms with Gasteiger partial charge in [-0.2, -0.15) is 0 Å². The molecule has 6 rings (SSSR count). The Labute approximate surface area is 190 Å². The van der Waals surface area contributed by atoms with E-state index in [-0.39, 0.29) is 0 Å². The van der Waals surface area contributed by atoms with Crippen molar-refractivity contribution in [1.82, 2.24) is 4.90 Å². The van der Waals surface area contributed by atoms with Gasteiger partial charge in [-0.3, -0.25) is 4.90 Å². The third-order valence-electron chi connectivity index (χ3n) is 6.51. The van der Waals surface area contributed by atoms with Crippen LogP contribution in [-0.4, -0.2) is 19.0 Å². The van der Waals surface area contributed by atoms with Crippen LogP contribution in [0, 0.1) is 10.4 Å². The van der Waals surface area contributed by atoms with Crippen LogP contribution in [0.15, 0.2) is 79.0 Å². The monoisotopic (exact) mass is 418 g/mol. The maximum absolute atomic E-state index is 3.18. The second-order valence-corrected chi connectivity index (χ2v) is 8.80. The number of rotatable bonds is 1. The lowest BCUT2D eigenvalue weighted by atomic mass is 9.86. The molecule has 0 aromatic heterocycles. The van der Waals surface area contributed by atoms with Crippen molar-refractivity contribution in [2.45, 2.75) is 25.3 Å². The average molecular weight is 419 g/mol. The van der Waals surface area contributed by atoms with E-state index in [1.165, 1.54) is 51.3 Å². The zero-order valence-electron chi connectivity index (χ0n) is 18.9. The fourth-order valence-electron chi connectivity index (χ4n) is 4.94. The standard InChI is InChI=1S/C20H21N.C10H9N/c1-21(2)19-13-15-8-4-5-9-16(15)18-12-11-14-7-3-6-10-17(14)20(18)19;1-2-7-10-9(5-1)6-3-4-8-11-10/h4-5,7-9,11-13,19H,3,6,10H2,1-2H3;1-8,11H. The van der Waals surface area contributed by atoms with Crippen LogP contribution in [-0.2, 0) is 6.42 Å². The van der Waals surface area contributed by atoms with E-state index in [1.807, 2.05) is 30.5 Å². The molecule has 2 aliphatic carbocycles. The molecule has 0 bridgehead atoms. The fourth-order valence-corrected chi connectivity index (χ4v) is 4.94. The highest BCUT2D eigenvalue weighted by Crippen LogP contribution is 2.28. The summed E-state index contributed by atoms with van der Waals surface area (Å²) in [5, 5.41) is 8.82. The van der Waals surface area contributed by atoms with E-state index in [0.717, 1.165) is 5.69 Å². The number of para-hydroxylation sites is 1. The number of fused-ring (bicyclic) bond motifs is 5. The van der Waals surface area contributed by atoms with Gasteiger partial charge in [0.1, 0.15) is 0 Å². The van der Waals surface area contributed by atoms with Crippen LogP contribution in [0.3, 0.4) is 0 Å². The van der Waals surface area contributed by atoms with Crippen LogP contribution in [0.2, 0.25) is 0 Å². The van der Waals surface area contributed by atoms with Crippen molar-refractivity contribution >= 4 is 23.9 Å². The van der Waals surface area contributed by atoms with Crippen molar-refractivity contribution in [2.75, 3.05) is 19.4 Å². The smallest absolute Gasteiger partial charge is 0.0544 e. The molecule has 0 amide bonds. The van der Waals surface area contributed by atoms with Crippen molar-refractivity contribution in [2.24, 2.45) is 0 Å². The Morgan fingerprint density at radius 2 is 1.69 bits per heavy atom. The van der Waals surface area contributed by atoms with Crippen LogP contribution in [0.25, 0.3) is 18.2 Å². The first-order chi connectivity index (χ1) is 15.7. The molecule has 0 saturated heterocycles. The van der Waals surface area contributed by atoms with Crippen LogP contribution in [0.4, 0.5) is 5.69 Å². The molecular weight excluding hydrogens is 388 g/mol. The first-order valence-electron chi connectivity index (χ1n) is 11.5. The Hall–Kier alpha value is -3.36. The highest BCUT2D eigenvalue weighted by Gasteiger charge is 2.21. The second-order valence-electron chi connectivity index (χ2n) is 8.80. The van der Waals surface area contributed by atoms with E-state index < -0.39 is 0 Å². The van der Waals surface area contributed by atoms with Gasteiger partial charge in [-0.05, 0) is 83.1 Å². The molecule has 1 heterocycles. The predicted molar refractivity (Wildman–Crippen MR) is 136 cm³/mol. The van der Waals surface area contributed by atoms with Gasteiger partial charge >= 0.3 is 0 Å². The van der Waals surface area contributed by atoms with E-state index in [0.29, 0.717) is 6.04 Å². The topological polar surface area (TPSA) is 15.3 Å². The van der Waals surface area contributed by atoms with Gasteiger partial charge in [0, 0.05) is 11.9 Å². The molecule has 1 unspecified atom stereocenters. The van der Waals surface area contributed by atoms with Crippen molar-refractivity contribution < 1.29 is 0 Å². The van der Waals surface area contributed by atoms with Gasteiger partial charge < -0.3 is 5.32 Å². The first-order valence-corrected chi connectivity index (χ1v) is 11.5. The third-order valence-corrected chi connectivity index (χ3v) is 6.51. The molecule has 0 spiro atoms. The minimum Gasteiger partial charge on any atom is -0.361 e. The van der Waals surface area contributed by atoms with Gasteiger partial charge in [-0.15, -0.1) is 0 Å². The maximum Gasteiger partial charge on any atom is 0.0544 e. The summed E-state index contributed by atoms with van der Waals surface area (Å²) in [6.45, 7) is 0. The third kappa shape index (κ3) is 3.94. The number of hydrogen-bond donors (Lipinski definition) is 1. The van der Waals surface area contributed by atoms with Crippen LogP contribution < -0.4 is 15.8 Å². The minimum atomic E-state index is 0.386. The zero-order valence-corrected chi connectivity index (χ0v) is 18.9. The van der Waals surface area contributed by atoms with Gasteiger partial charge in [0.15, 0.2) is 0 Å². The Balaban J connectivity index is 0.000000165. The van der Waals surface area contributed by atoms with Crippen molar-refractivity contribution in [3.8, 4) is 0 Å². The van der Waals surface area contributed by atoms with Gasteiger partial charge in [0.2, 0.25) is 0 Å². The SMILES string of the molecule is C1=CNc2ccccc2C=C1.CN(C)C1C=c2ccccc2=c2ccc3c(c21)CCCC=3. The summed E-state index contributed by atoms with van der Waals surface area (Å²) in [5.74, 6) is 0. The largest absolute Gasteiger partial charge is 0.361 e. The van der Waals surface area contributed by atoms with E-state index in [9.17, 15) is 0 Å². The normalized spacial score (nSPS) is 17.2. The van der Waals surface area contributed by atoms with E-state index in [2.05, 4.69) is 91.1 Å². The van der Waals surface area contributed by atoms with Crippen LogP contribution >= 0.6 is 0 Å². The molecule has 1 aliphatic heterocycles. The van der Waals surface area contributed by atoms with Gasteiger partial charge in [0.05, 0.1) is 6.04 Å². The number of nitrogens with one attached hydrogen (secondary N) is 1. The summed E-state index contributed by atoms with van der Waals surface area (Å²) >= 11 is 0.